The number of hydrogen-bond donors (Lipinski definition) is 1. The summed E-state index contributed by atoms with van der Waals surface area (Å²) in [5, 5.41) is 3.47. The summed E-state index contributed by atoms with van der Waals surface area (Å²) in [7, 11) is 0. The lowest BCUT2D eigenvalue weighted by Crippen LogP contribution is -2.29. The number of benzene rings is 1. The third-order valence-corrected chi connectivity index (χ3v) is 4.97. The van der Waals surface area contributed by atoms with Gasteiger partial charge in [-0.15, -0.1) is 0 Å². The summed E-state index contributed by atoms with van der Waals surface area (Å²) in [6.45, 7) is 3.42. The lowest BCUT2D eigenvalue weighted by atomic mass is 10.0. The van der Waals surface area contributed by atoms with Crippen molar-refractivity contribution < 1.29 is 9.18 Å². The van der Waals surface area contributed by atoms with Crippen molar-refractivity contribution in [3.8, 4) is 0 Å². The molecule has 4 heteroatoms. The first kappa shape index (κ1) is 16.0. The van der Waals surface area contributed by atoms with Crippen molar-refractivity contribution in [2.45, 2.75) is 52.0 Å². The second kappa shape index (κ2) is 7.16. The van der Waals surface area contributed by atoms with Crippen LogP contribution in [-0.4, -0.2) is 17.0 Å². The Morgan fingerprint density at radius 1 is 1.26 bits per heavy atom. The molecule has 0 unspecified atom stereocenters. The summed E-state index contributed by atoms with van der Waals surface area (Å²) in [5.41, 5.74) is 1.24. The number of halogens is 1. The molecule has 1 aromatic heterocycles. The average Bonchev–Trinajstić information content (AvgIpc) is 2.75. The van der Waals surface area contributed by atoms with E-state index >= 15 is 0 Å². The minimum Gasteiger partial charge on any atom is -0.352 e. The molecule has 1 heterocycles. The number of fused-ring (bicyclic) bond motifs is 1. The van der Waals surface area contributed by atoms with E-state index in [1.54, 1.807) is 12.3 Å². The van der Waals surface area contributed by atoms with Crippen molar-refractivity contribution in [1.82, 2.24) is 9.88 Å². The van der Waals surface area contributed by atoms with Crippen LogP contribution in [-0.2, 0) is 6.54 Å². The number of rotatable bonds is 4. The molecule has 3 rings (SSSR count). The topological polar surface area (TPSA) is 34.0 Å². The molecular formula is C19H25FN2O. The summed E-state index contributed by atoms with van der Waals surface area (Å²) in [4.78, 5) is 12.6. The smallest absolute Gasteiger partial charge is 0.253 e. The van der Waals surface area contributed by atoms with Crippen LogP contribution in [0, 0.1) is 11.7 Å². The molecule has 124 valence electrons. The zero-order chi connectivity index (χ0) is 16.2. The first-order valence-electron chi connectivity index (χ1n) is 8.76. The highest BCUT2D eigenvalue weighted by Gasteiger charge is 2.19. The highest BCUT2D eigenvalue weighted by Crippen LogP contribution is 2.25. The van der Waals surface area contributed by atoms with Crippen LogP contribution in [0.15, 0.2) is 24.4 Å². The van der Waals surface area contributed by atoms with E-state index in [1.165, 1.54) is 44.6 Å². The predicted octanol–water partition coefficient (Wildman–Crippen LogP) is 4.50. The molecule has 0 spiro atoms. The molecular weight excluding hydrogens is 291 g/mol. The maximum absolute atomic E-state index is 14.2. The van der Waals surface area contributed by atoms with Gasteiger partial charge in [-0.2, -0.15) is 0 Å². The van der Waals surface area contributed by atoms with Crippen LogP contribution in [0.3, 0.4) is 0 Å². The van der Waals surface area contributed by atoms with E-state index in [0.717, 1.165) is 12.1 Å². The van der Waals surface area contributed by atoms with Gasteiger partial charge in [-0.1, -0.05) is 31.7 Å². The Morgan fingerprint density at radius 2 is 2.00 bits per heavy atom. The van der Waals surface area contributed by atoms with Crippen molar-refractivity contribution in [3.05, 3.63) is 35.8 Å². The Bertz CT molecular complexity index is 684. The normalized spacial score (nSPS) is 16.4. The van der Waals surface area contributed by atoms with E-state index in [1.807, 2.05) is 17.6 Å². The first-order valence-corrected chi connectivity index (χ1v) is 8.76. The molecule has 1 N–H and O–H groups in total. The van der Waals surface area contributed by atoms with Gasteiger partial charge in [-0.05, 0) is 37.8 Å². The molecule has 1 aliphatic rings. The number of amides is 1. The van der Waals surface area contributed by atoms with Crippen molar-refractivity contribution >= 4 is 16.8 Å². The van der Waals surface area contributed by atoms with Gasteiger partial charge >= 0.3 is 0 Å². The monoisotopic (exact) mass is 316 g/mol. The van der Waals surface area contributed by atoms with Gasteiger partial charge in [0, 0.05) is 24.7 Å². The van der Waals surface area contributed by atoms with E-state index < -0.39 is 0 Å². The molecule has 3 nitrogen and oxygen atoms in total. The fourth-order valence-electron chi connectivity index (χ4n) is 3.64. The molecule has 1 aliphatic carbocycles. The highest BCUT2D eigenvalue weighted by atomic mass is 19.1. The van der Waals surface area contributed by atoms with E-state index in [4.69, 9.17) is 0 Å². The van der Waals surface area contributed by atoms with Gasteiger partial charge in [0.15, 0.2) is 0 Å². The standard InChI is InChI=1S/C19H25FN2O/c1-2-22-13-15(18-16(20)10-7-11-17(18)22)19(23)21-12-14-8-5-3-4-6-9-14/h7,10-11,13-14H,2-6,8-9,12H2,1H3,(H,21,23). The van der Waals surface area contributed by atoms with Crippen LogP contribution in [0.5, 0.6) is 0 Å². The second-order valence-electron chi connectivity index (χ2n) is 6.53. The Morgan fingerprint density at radius 3 is 2.70 bits per heavy atom. The molecule has 0 saturated heterocycles. The third-order valence-electron chi connectivity index (χ3n) is 4.97. The minimum absolute atomic E-state index is 0.156. The lowest BCUT2D eigenvalue weighted by Gasteiger charge is -2.14. The molecule has 0 bridgehead atoms. The molecule has 0 atom stereocenters. The van der Waals surface area contributed by atoms with Crippen LogP contribution < -0.4 is 5.32 Å². The summed E-state index contributed by atoms with van der Waals surface area (Å²) in [6, 6.07) is 4.98. The molecule has 2 aromatic rings. The number of carbonyl (C=O) groups excluding carboxylic acids is 1. The van der Waals surface area contributed by atoms with Crippen LogP contribution in [0.2, 0.25) is 0 Å². The summed E-state index contributed by atoms with van der Waals surface area (Å²) < 4.78 is 16.1. The number of aromatic nitrogens is 1. The number of nitrogens with one attached hydrogen (secondary N) is 1. The van der Waals surface area contributed by atoms with Crippen molar-refractivity contribution in [1.29, 1.82) is 0 Å². The van der Waals surface area contributed by atoms with Crippen molar-refractivity contribution in [3.63, 3.8) is 0 Å². The van der Waals surface area contributed by atoms with Crippen molar-refractivity contribution in [2.24, 2.45) is 5.92 Å². The Balaban J connectivity index is 1.78. The molecule has 1 aromatic carbocycles. The summed E-state index contributed by atoms with van der Waals surface area (Å²) in [6.07, 6.45) is 9.26. The maximum atomic E-state index is 14.2. The largest absolute Gasteiger partial charge is 0.352 e. The van der Waals surface area contributed by atoms with Crippen LogP contribution in [0.1, 0.15) is 55.8 Å². The number of hydrogen-bond acceptors (Lipinski definition) is 1. The molecule has 1 fully saturated rings. The van der Waals surface area contributed by atoms with Gasteiger partial charge in [0.25, 0.3) is 5.91 Å². The molecule has 1 amide bonds. The highest BCUT2D eigenvalue weighted by molar-refractivity contribution is 6.07. The number of nitrogens with zero attached hydrogens (tertiary/aromatic N) is 1. The second-order valence-corrected chi connectivity index (χ2v) is 6.53. The summed E-state index contributed by atoms with van der Waals surface area (Å²) >= 11 is 0. The minimum atomic E-state index is -0.325. The Labute approximate surface area is 136 Å². The average molecular weight is 316 g/mol. The van der Waals surface area contributed by atoms with Gasteiger partial charge in [0.05, 0.1) is 11.1 Å². The van der Waals surface area contributed by atoms with Gasteiger partial charge in [0.1, 0.15) is 5.82 Å². The number of aryl methyl sites for hydroxylation is 1. The van der Waals surface area contributed by atoms with E-state index in [0.29, 0.717) is 23.4 Å². The van der Waals surface area contributed by atoms with Gasteiger partial charge in [-0.3, -0.25) is 4.79 Å². The molecule has 23 heavy (non-hydrogen) atoms. The van der Waals surface area contributed by atoms with Gasteiger partial charge in [0.2, 0.25) is 0 Å². The van der Waals surface area contributed by atoms with Gasteiger partial charge < -0.3 is 9.88 Å². The SMILES string of the molecule is CCn1cc(C(=O)NCC2CCCCCC2)c2c(F)cccc21. The van der Waals surface area contributed by atoms with Crippen LogP contribution in [0.4, 0.5) is 4.39 Å². The van der Waals surface area contributed by atoms with Gasteiger partial charge in [-0.25, -0.2) is 4.39 Å². The maximum Gasteiger partial charge on any atom is 0.253 e. The van der Waals surface area contributed by atoms with E-state index in [2.05, 4.69) is 5.32 Å². The van der Waals surface area contributed by atoms with Crippen LogP contribution in [0.25, 0.3) is 10.9 Å². The fraction of sp³-hybridized carbons (Fsp3) is 0.526. The lowest BCUT2D eigenvalue weighted by molar-refractivity contribution is 0.0947. The molecule has 0 radical (unpaired) electrons. The quantitative estimate of drug-likeness (QED) is 0.828. The zero-order valence-corrected chi connectivity index (χ0v) is 13.8. The fourth-order valence-corrected chi connectivity index (χ4v) is 3.64. The molecule has 1 saturated carbocycles. The van der Waals surface area contributed by atoms with E-state index in [-0.39, 0.29) is 11.7 Å². The summed E-state index contributed by atoms with van der Waals surface area (Å²) in [5.74, 6) is 0.0803. The van der Waals surface area contributed by atoms with Crippen LogP contribution >= 0.6 is 0 Å². The Hall–Kier alpha value is -1.84. The Kier molecular flexibility index (Phi) is 4.99. The predicted molar refractivity (Wildman–Crippen MR) is 91.1 cm³/mol. The van der Waals surface area contributed by atoms with E-state index in [9.17, 15) is 9.18 Å². The number of carbonyl (C=O) groups is 1. The molecule has 0 aliphatic heterocycles. The first-order chi connectivity index (χ1) is 11.2. The third kappa shape index (κ3) is 3.41. The zero-order valence-electron chi connectivity index (χ0n) is 13.8. The van der Waals surface area contributed by atoms with Crippen molar-refractivity contribution in [2.75, 3.05) is 6.54 Å².